The van der Waals surface area contributed by atoms with Gasteiger partial charge in [0.15, 0.2) is 17.5 Å². The minimum Gasteiger partial charge on any atom is -0.456 e. The fraction of sp³-hybridized carbons (Fsp3) is 0. The van der Waals surface area contributed by atoms with Crippen LogP contribution in [0.1, 0.15) is 0 Å². The maximum absolute atomic E-state index is 6.12. The molecule has 0 atom stereocenters. The van der Waals surface area contributed by atoms with E-state index in [2.05, 4.69) is 84.9 Å². The van der Waals surface area contributed by atoms with Crippen LogP contribution in [0.15, 0.2) is 144 Å². The van der Waals surface area contributed by atoms with Crippen LogP contribution in [-0.2, 0) is 0 Å². The van der Waals surface area contributed by atoms with E-state index in [9.17, 15) is 0 Å². The van der Waals surface area contributed by atoms with Crippen molar-refractivity contribution in [3.63, 3.8) is 0 Å². The Kier molecular flexibility index (Phi) is 5.42. The van der Waals surface area contributed by atoms with Gasteiger partial charge in [0.1, 0.15) is 11.2 Å². The van der Waals surface area contributed by atoms with Gasteiger partial charge in [0, 0.05) is 27.5 Å². The predicted molar refractivity (Wildman–Crippen MR) is 166 cm³/mol. The van der Waals surface area contributed by atoms with Crippen LogP contribution in [0.4, 0.5) is 0 Å². The molecule has 0 radical (unpaired) electrons. The highest BCUT2D eigenvalue weighted by Gasteiger charge is 2.15. The molecule has 2 heterocycles. The summed E-state index contributed by atoms with van der Waals surface area (Å²) in [5.41, 5.74) is 6.87. The van der Waals surface area contributed by atoms with Crippen molar-refractivity contribution in [3.8, 4) is 45.3 Å². The average Bonchev–Trinajstić information content (AvgIpc) is 3.44. The zero-order valence-corrected chi connectivity index (χ0v) is 22.0. The van der Waals surface area contributed by atoms with Crippen molar-refractivity contribution in [2.45, 2.75) is 0 Å². The minimum atomic E-state index is 0.639. The van der Waals surface area contributed by atoms with Crippen molar-refractivity contribution in [1.82, 2.24) is 15.0 Å². The Balaban J connectivity index is 1.25. The van der Waals surface area contributed by atoms with E-state index >= 15 is 0 Å². The molecule has 0 aliphatic carbocycles. The van der Waals surface area contributed by atoms with Crippen molar-refractivity contribution < 1.29 is 4.42 Å². The smallest absolute Gasteiger partial charge is 0.164 e. The second-order valence-corrected chi connectivity index (χ2v) is 10.1. The molecular formula is C37H23N3O. The van der Waals surface area contributed by atoms with Gasteiger partial charge in [-0.1, -0.05) is 121 Å². The van der Waals surface area contributed by atoms with E-state index in [-0.39, 0.29) is 0 Å². The van der Waals surface area contributed by atoms with E-state index in [1.54, 1.807) is 0 Å². The molecule has 2 aromatic heterocycles. The van der Waals surface area contributed by atoms with Gasteiger partial charge in [0.05, 0.1) is 0 Å². The number of hydrogen-bond acceptors (Lipinski definition) is 4. The van der Waals surface area contributed by atoms with E-state index in [0.29, 0.717) is 17.5 Å². The summed E-state index contributed by atoms with van der Waals surface area (Å²) in [6.07, 6.45) is 0. The Morgan fingerprint density at radius 3 is 1.78 bits per heavy atom. The first-order chi connectivity index (χ1) is 20.3. The Morgan fingerprint density at radius 2 is 0.976 bits per heavy atom. The quantitative estimate of drug-likeness (QED) is 0.230. The van der Waals surface area contributed by atoms with Gasteiger partial charge in [-0.3, -0.25) is 0 Å². The second-order valence-electron chi connectivity index (χ2n) is 10.1. The highest BCUT2D eigenvalue weighted by Crippen LogP contribution is 2.37. The molecule has 192 valence electrons. The molecule has 0 aliphatic heterocycles. The molecule has 6 aromatic carbocycles. The Bertz CT molecular complexity index is 2200. The van der Waals surface area contributed by atoms with Gasteiger partial charge in [-0.05, 0) is 40.1 Å². The van der Waals surface area contributed by atoms with Crippen molar-refractivity contribution in [2.75, 3.05) is 0 Å². The molecule has 4 heteroatoms. The lowest BCUT2D eigenvalue weighted by Gasteiger charge is -2.10. The summed E-state index contributed by atoms with van der Waals surface area (Å²) in [6.45, 7) is 0. The molecule has 0 fully saturated rings. The van der Waals surface area contributed by atoms with Gasteiger partial charge >= 0.3 is 0 Å². The molecule has 0 spiro atoms. The molecule has 41 heavy (non-hydrogen) atoms. The highest BCUT2D eigenvalue weighted by atomic mass is 16.3. The molecular weight excluding hydrogens is 502 g/mol. The van der Waals surface area contributed by atoms with Crippen molar-refractivity contribution in [3.05, 3.63) is 140 Å². The largest absolute Gasteiger partial charge is 0.456 e. The molecule has 0 unspecified atom stereocenters. The number of aromatic nitrogens is 3. The normalized spacial score (nSPS) is 11.4. The number of hydrogen-bond donors (Lipinski definition) is 0. The lowest BCUT2D eigenvalue weighted by atomic mass is 9.98. The third-order valence-electron chi connectivity index (χ3n) is 7.53. The molecule has 0 bridgehead atoms. The number of benzene rings is 6. The van der Waals surface area contributed by atoms with Crippen LogP contribution in [0.5, 0.6) is 0 Å². The van der Waals surface area contributed by atoms with Crippen molar-refractivity contribution >= 4 is 32.7 Å². The summed E-state index contributed by atoms with van der Waals surface area (Å²) in [6, 6.07) is 47.6. The molecule has 0 saturated carbocycles. The van der Waals surface area contributed by atoms with Gasteiger partial charge in [0.2, 0.25) is 0 Å². The monoisotopic (exact) mass is 525 g/mol. The topological polar surface area (TPSA) is 51.8 Å². The standard InChI is InChI=1S/C37H23N3O/c1-2-10-26(11-3-1)35-38-36(40-37(39-35)29-22-17-24-9-4-5-12-28(24)23-29)27-20-18-25(19-21-27)30-14-8-16-33-34(30)31-13-6-7-15-32(31)41-33/h1-23H. The lowest BCUT2D eigenvalue weighted by molar-refractivity contribution is 0.669. The average molecular weight is 526 g/mol. The summed E-state index contributed by atoms with van der Waals surface area (Å²) >= 11 is 0. The zero-order chi connectivity index (χ0) is 27.2. The minimum absolute atomic E-state index is 0.639. The van der Waals surface area contributed by atoms with Crippen LogP contribution in [0.3, 0.4) is 0 Å². The van der Waals surface area contributed by atoms with Crippen LogP contribution in [0.2, 0.25) is 0 Å². The molecule has 8 aromatic rings. The number of rotatable bonds is 4. The lowest BCUT2D eigenvalue weighted by Crippen LogP contribution is -2.00. The van der Waals surface area contributed by atoms with Gasteiger partial charge in [-0.25, -0.2) is 15.0 Å². The first-order valence-corrected chi connectivity index (χ1v) is 13.6. The molecule has 0 N–H and O–H groups in total. The van der Waals surface area contributed by atoms with Crippen LogP contribution in [0, 0.1) is 0 Å². The van der Waals surface area contributed by atoms with Crippen LogP contribution >= 0.6 is 0 Å². The number of fused-ring (bicyclic) bond motifs is 4. The first kappa shape index (κ1) is 23.3. The fourth-order valence-electron chi connectivity index (χ4n) is 5.49. The van der Waals surface area contributed by atoms with Crippen LogP contribution in [0.25, 0.3) is 78.0 Å². The first-order valence-electron chi connectivity index (χ1n) is 13.6. The van der Waals surface area contributed by atoms with E-state index < -0.39 is 0 Å². The highest BCUT2D eigenvalue weighted by molar-refractivity contribution is 6.12. The molecule has 0 saturated heterocycles. The summed E-state index contributed by atoms with van der Waals surface area (Å²) < 4.78 is 6.12. The van der Waals surface area contributed by atoms with Crippen molar-refractivity contribution in [2.24, 2.45) is 0 Å². The number of para-hydroxylation sites is 1. The second kappa shape index (κ2) is 9.54. The van der Waals surface area contributed by atoms with Gasteiger partial charge < -0.3 is 4.42 Å². The maximum atomic E-state index is 6.12. The third-order valence-corrected chi connectivity index (χ3v) is 7.53. The summed E-state index contributed by atoms with van der Waals surface area (Å²) in [7, 11) is 0. The summed E-state index contributed by atoms with van der Waals surface area (Å²) in [5.74, 6) is 1.94. The third kappa shape index (κ3) is 4.14. The van der Waals surface area contributed by atoms with E-state index in [1.165, 1.54) is 5.39 Å². The van der Waals surface area contributed by atoms with E-state index in [4.69, 9.17) is 19.4 Å². The van der Waals surface area contributed by atoms with E-state index in [1.807, 2.05) is 54.6 Å². The maximum Gasteiger partial charge on any atom is 0.164 e. The molecule has 4 nitrogen and oxygen atoms in total. The SMILES string of the molecule is c1ccc(-c2nc(-c3ccc(-c4cccc5oc6ccccc6c45)cc3)nc(-c3ccc4ccccc4c3)n2)cc1. The molecule has 8 rings (SSSR count). The number of nitrogens with zero attached hydrogens (tertiary/aromatic N) is 3. The van der Waals surface area contributed by atoms with Gasteiger partial charge in [-0.2, -0.15) is 0 Å². The van der Waals surface area contributed by atoms with Gasteiger partial charge in [0.25, 0.3) is 0 Å². The summed E-state index contributed by atoms with van der Waals surface area (Å²) in [5, 5.41) is 4.58. The van der Waals surface area contributed by atoms with E-state index in [0.717, 1.165) is 55.1 Å². The van der Waals surface area contributed by atoms with Crippen LogP contribution in [-0.4, -0.2) is 15.0 Å². The number of furan rings is 1. The van der Waals surface area contributed by atoms with Crippen molar-refractivity contribution in [1.29, 1.82) is 0 Å². The Labute approximate surface area is 236 Å². The van der Waals surface area contributed by atoms with Crippen LogP contribution < -0.4 is 0 Å². The summed E-state index contributed by atoms with van der Waals surface area (Å²) in [4.78, 5) is 14.8. The molecule has 0 amide bonds. The van der Waals surface area contributed by atoms with Gasteiger partial charge in [-0.15, -0.1) is 0 Å². The Hall–Kier alpha value is -5.61. The zero-order valence-electron chi connectivity index (χ0n) is 22.0. The molecule has 0 aliphatic rings. The predicted octanol–water partition coefficient (Wildman–Crippen LogP) is 9.59. The fourth-order valence-corrected chi connectivity index (χ4v) is 5.49. The Morgan fingerprint density at radius 1 is 0.390 bits per heavy atom.